The molecule has 3 heteroatoms. The molecule has 0 bridgehead atoms. The second-order valence-corrected chi connectivity index (χ2v) is 3.80. The fourth-order valence-corrected chi connectivity index (χ4v) is 1.41. The second-order valence-electron chi connectivity index (χ2n) is 3.01. The van der Waals surface area contributed by atoms with E-state index < -0.39 is 0 Å². The standard InChI is InChI=1S/C10H15BrN2/c1-13-9-10(8-12-13)6-4-2-3-5-7-11/h2-3,8-9H,4-7H2,1H3/b3-2+. The highest BCUT2D eigenvalue weighted by Gasteiger charge is 1.92. The molecule has 0 unspecified atom stereocenters. The topological polar surface area (TPSA) is 17.8 Å². The Hall–Kier alpha value is -0.570. The van der Waals surface area contributed by atoms with E-state index in [1.807, 2.05) is 17.9 Å². The third-order valence-corrected chi connectivity index (χ3v) is 2.26. The van der Waals surface area contributed by atoms with Gasteiger partial charge in [-0.3, -0.25) is 4.68 Å². The molecule has 0 spiro atoms. The third kappa shape index (κ3) is 4.27. The van der Waals surface area contributed by atoms with Crippen LogP contribution in [0.15, 0.2) is 24.5 Å². The Bertz CT molecular complexity index is 266. The number of halogens is 1. The fraction of sp³-hybridized carbons (Fsp3) is 0.500. The lowest BCUT2D eigenvalue weighted by Gasteiger charge is -1.90. The molecule has 2 nitrogen and oxygen atoms in total. The summed E-state index contributed by atoms with van der Waals surface area (Å²) in [6.45, 7) is 0. The zero-order chi connectivity index (χ0) is 9.52. The number of aryl methyl sites for hydroxylation is 2. The Kier molecular flexibility index (Phi) is 4.83. The van der Waals surface area contributed by atoms with Gasteiger partial charge in [-0.2, -0.15) is 5.10 Å². The van der Waals surface area contributed by atoms with Crippen LogP contribution in [0.3, 0.4) is 0 Å². The normalized spacial score (nSPS) is 11.2. The summed E-state index contributed by atoms with van der Waals surface area (Å²) in [5, 5.41) is 5.17. The van der Waals surface area contributed by atoms with Crippen LogP contribution in [0.1, 0.15) is 18.4 Å². The summed E-state index contributed by atoms with van der Waals surface area (Å²) in [6, 6.07) is 0. The quantitative estimate of drug-likeness (QED) is 0.574. The smallest absolute Gasteiger partial charge is 0.0521 e. The number of hydrogen-bond acceptors (Lipinski definition) is 1. The number of allylic oxidation sites excluding steroid dienone is 2. The van der Waals surface area contributed by atoms with Gasteiger partial charge in [0.25, 0.3) is 0 Å². The molecule has 0 radical (unpaired) electrons. The van der Waals surface area contributed by atoms with E-state index in [1.54, 1.807) is 0 Å². The molecule has 0 fully saturated rings. The van der Waals surface area contributed by atoms with E-state index in [2.05, 4.69) is 39.4 Å². The Labute approximate surface area is 87.8 Å². The van der Waals surface area contributed by atoms with Gasteiger partial charge in [0, 0.05) is 18.6 Å². The lowest BCUT2D eigenvalue weighted by molar-refractivity contribution is 0.766. The van der Waals surface area contributed by atoms with Crippen LogP contribution in [0, 0.1) is 0 Å². The van der Waals surface area contributed by atoms with Crippen LogP contribution < -0.4 is 0 Å². The molecule has 0 aliphatic heterocycles. The van der Waals surface area contributed by atoms with Crippen LogP contribution in [0.4, 0.5) is 0 Å². The van der Waals surface area contributed by atoms with Gasteiger partial charge in [0.1, 0.15) is 0 Å². The Morgan fingerprint density at radius 3 is 2.85 bits per heavy atom. The number of nitrogens with zero attached hydrogens (tertiary/aromatic N) is 2. The molecule has 0 aliphatic rings. The van der Waals surface area contributed by atoms with Crippen LogP contribution >= 0.6 is 15.9 Å². The first-order valence-electron chi connectivity index (χ1n) is 4.51. The van der Waals surface area contributed by atoms with Crippen molar-refractivity contribution in [3.63, 3.8) is 0 Å². The van der Waals surface area contributed by atoms with Crippen molar-refractivity contribution in [1.82, 2.24) is 9.78 Å². The summed E-state index contributed by atoms with van der Waals surface area (Å²) >= 11 is 3.39. The molecule has 0 aliphatic carbocycles. The molecule has 13 heavy (non-hydrogen) atoms. The summed E-state index contributed by atoms with van der Waals surface area (Å²) in [4.78, 5) is 0. The van der Waals surface area contributed by atoms with E-state index in [-0.39, 0.29) is 0 Å². The van der Waals surface area contributed by atoms with Crippen LogP contribution in [-0.4, -0.2) is 15.1 Å². The summed E-state index contributed by atoms with van der Waals surface area (Å²) in [5.41, 5.74) is 1.31. The predicted octanol–water partition coefficient (Wildman–Crippen LogP) is 2.69. The van der Waals surface area contributed by atoms with Crippen molar-refractivity contribution in [2.75, 3.05) is 5.33 Å². The first kappa shape index (κ1) is 10.5. The van der Waals surface area contributed by atoms with E-state index in [9.17, 15) is 0 Å². The lowest BCUT2D eigenvalue weighted by Crippen LogP contribution is -1.84. The third-order valence-electron chi connectivity index (χ3n) is 1.80. The Balaban J connectivity index is 2.20. The summed E-state index contributed by atoms with van der Waals surface area (Å²) in [7, 11) is 1.95. The highest BCUT2D eigenvalue weighted by Crippen LogP contribution is 2.02. The molecule has 1 heterocycles. The van der Waals surface area contributed by atoms with Crippen molar-refractivity contribution in [3.8, 4) is 0 Å². The van der Waals surface area contributed by atoms with Gasteiger partial charge in [-0.25, -0.2) is 0 Å². The minimum Gasteiger partial charge on any atom is -0.276 e. The van der Waals surface area contributed by atoms with Crippen molar-refractivity contribution in [2.45, 2.75) is 19.3 Å². The summed E-state index contributed by atoms with van der Waals surface area (Å²) in [6.07, 6.45) is 11.8. The van der Waals surface area contributed by atoms with Gasteiger partial charge in [0.05, 0.1) is 6.20 Å². The average molecular weight is 243 g/mol. The number of hydrogen-bond donors (Lipinski definition) is 0. The van der Waals surface area contributed by atoms with Crippen molar-refractivity contribution < 1.29 is 0 Å². The molecule has 1 rings (SSSR count). The molecule has 0 amide bonds. The lowest BCUT2D eigenvalue weighted by atomic mass is 10.2. The maximum absolute atomic E-state index is 4.12. The Morgan fingerprint density at radius 2 is 2.23 bits per heavy atom. The van der Waals surface area contributed by atoms with Crippen LogP contribution in [0.25, 0.3) is 0 Å². The molecule has 0 aromatic carbocycles. The van der Waals surface area contributed by atoms with Crippen molar-refractivity contribution in [1.29, 1.82) is 0 Å². The fourth-order valence-electron chi connectivity index (χ4n) is 1.15. The van der Waals surface area contributed by atoms with Crippen molar-refractivity contribution in [2.24, 2.45) is 7.05 Å². The SMILES string of the molecule is Cn1cc(CC/C=C/CCBr)cn1. The molecule has 0 saturated heterocycles. The molecule has 1 aromatic rings. The van der Waals surface area contributed by atoms with Gasteiger partial charge in [0.15, 0.2) is 0 Å². The second kappa shape index (κ2) is 5.97. The van der Waals surface area contributed by atoms with Gasteiger partial charge in [-0.05, 0) is 24.8 Å². The molecule has 1 aromatic heterocycles. The largest absolute Gasteiger partial charge is 0.276 e. The first-order chi connectivity index (χ1) is 6.33. The summed E-state index contributed by atoms with van der Waals surface area (Å²) < 4.78 is 1.84. The zero-order valence-electron chi connectivity index (χ0n) is 7.91. The van der Waals surface area contributed by atoms with Gasteiger partial charge in [-0.1, -0.05) is 28.1 Å². The van der Waals surface area contributed by atoms with E-state index >= 15 is 0 Å². The van der Waals surface area contributed by atoms with Gasteiger partial charge >= 0.3 is 0 Å². The number of alkyl halides is 1. The van der Waals surface area contributed by atoms with Crippen molar-refractivity contribution in [3.05, 3.63) is 30.1 Å². The van der Waals surface area contributed by atoms with Crippen LogP contribution in [0.5, 0.6) is 0 Å². The van der Waals surface area contributed by atoms with E-state index in [0.717, 1.165) is 24.6 Å². The van der Waals surface area contributed by atoms with Gasteiger partial charge in [-0.15, -0.1) is 0 Å². The molecule has 0 atom stereocenters. The van der Waals surface area contributed by atoms with Crippen molar-refractivity contribution >= 4 is 15.9 Å². The molecular weight excluding hydrogens is 228 g/mol. The highest BCUT2D eigenvalue weighted by atomic mass is 79.9. The van der Waals surface area contributed by atoms with Gasteiger partial charge in [0.2, 0.25) is 0 Å². The molecule has 0 N–H and O–H groups in total. The number of aromatic nitrogens is 2. The average Bonchev–Trinajstić information content (AvgIpc) is 2.51. The van der Waals surface area contributed by atoms with E-state index in [1.165, 1.54) is 5.56 Å². The summed E-state index contributed by atoms with van der Waals surface area (Å²) in [5.74, 6) is 0. The van der Waals surface area contributed by atoms with E-state index in [0.29, 0.717) is 0 Å². The minimum atomic E-state index is 1.05. The maximum Gasteiger partial charge on any atom is 0.0521 e. The molecule has 0 saturated carbocycles. The maximum atomic E-state index is 4.12. The van der Waals surface area contributed by atoms with Crippen LogP contribution in [0.2, 0.25) is 0 Å². The number of rotatable bonds is 5. The van der Waals surface area contributed by atoms with Gasteiger partial charge < -0.3 is 0 Å². The molecule has 72 valence electrons. The highest BCUT2D eigenvalue weighted by molar-refractivity contribution is 9.09. The first-order valence-corrected chi connectivity index (χ1v) is 5.63. The minimum absolute atomic E-state index is 1.05. The monoisotopic (exact) mass is 242 g/mol. The van der Waals surface area contributed by atoms with E-state index in [4.69, 9.17) is 0 Å². The predicted molar refractivity (Wildman–Crippen MR) is 59.1 cm³/mol. The molecular formula is C10H15BrN2. The van der Waals surface area contributed by atoms with Crippen LogP contribution in [-0.2, 0) is 13.5 Å². The zero-order valence-corrected chi connectivity index (χ0v) is 9.50. The Morgan fingerprint density at radius 1 is 1.46 bits per heavy atom.